The summed E-state index contributed by atoms with van der Waals surface area (Å²) in [5.41, 5.74) is 1.70. The van der Waals surface area contributed by atoms with Crippen LogP contribution >= 0.6 is 0 Å². The Bertz CT molecular complexity index is 609. The molecule has 4 heteroatoms. The van der Waals surface area contributed by atoms with Crippen LogP contribution in [-0.2, 0) is 0 Å². The van der Waals surface area contributed by atoms with Crippen LogP contribution in [0.4, 0.5) is 5.69 Å². The molecule has 0 aromatic heterocycles. The van der Waals surface area contributed by atoms with Gasteiger partial charge in [-0.2, -0.15) is 0 Å². The fourth-order valence-electron chi connectivity index (χ4n) is 2.15. The van der Waals surface area contributed by atoms with Gasteiger partial charge in [-0.15, -0.1) is 0 Å². The molecule has 0 heterocycles. The SMILES string of the molecule is COc1cccc(Oc2cccc(N(C)C)c2)c1C(C)O. The Hall–Kier alpha value is -2.20. The van der Waals surface area contributed by atoms with Crippen molar-refractivity contribution in [2.45, 2.75) is 13.0 Å². The van der Waals surface area contributed by atoms with Crippen molar-refractivity contribution in [1.29, 1.82) is 0 Å². The largest absolute Gasteiger partial charge is 0.496 e. The number of rotatable bonds is 5. The van der Waals surface area contributed by atoms with Crippen LogP contribution in [0.15, 0.2) is 42.5 Å². The molecular formula is C17H21NO3. The fourth-order valence-corrected chi connectivity index (χ4v) is 2.15. The lowest BCUT2D eigenvalue weighted by molar-refractivity contribution is 0.190. The maximum Gasteiger partial charge on any atom is 0.136 e. The molecule has 1 atom stereocenters. The molecule has 21 heavy (non-hydrogen) atoms. The lowest BCUT2D eigenvalue weighted by Gasteiger charge is -2.18. The monoisotopic (exact) mass is 287 g/mol. The molecule has 0 fully saturated rings. The first-order valence-corrected chi connectivity index (χ1v) is 6.83. The zero-order valence-corrected chi connectivity index (χ0v) is 12.8. The summed E-state index contributed by atoms with van der Waals surface area (Å²) in [6.07, 6.45) is -0.673. The summed E-state index contributed by atoms with van der Waals surface area (Å²) in [5, 5.41) is 9.97. The molecule has 0 amide bonds. The van der Waals surface area contributed by atoms with Crippen molar-refractivity contribution in [2.24, 2.45) is 0 Å². The predicted molar refractivity (Wildman–Crippen MR) is 84.5 cm³/mol. The molecule has 0 aliphatic carbocycles. The number of hydrogen-bond donors (Lipinski definition) is 1. The van der Waals surface area contributed by atoms with Crippen molar-refractivity contribution >= 4 is 5.69 Å². The highest BCUT2D eigenvalue weighted by Crippen LogP contribution is 2.36. The molecule has 1 N–H and O–H groups in total. The molecule has 112 valence electrons. The molecule has 0 spiro atoms. The first kappa shape index (κ1) is 15.2. The quantitative estimate of drug-likeness (QED) is 0.912. The summed E-state index contributed by atoms with van der Waals surface area (Å²) in [5.74, 6) is 1.93. The molecule has 0 saturated heterocycles. The zero-order chi connectivity index (χ0) is 15.4. The van der Waals surface area contributed by atoms with Crippen LogP contribution in [0, 0.1) is 0 Å². The maximum atomic E-state index is 9.97. The molecule has 2 aromatic carbocycles. The van der Waals surface area contributed by atoms with E-state index in [0.717, 1.165) is 11.4 Å². The van der Waals surface area contributed by atoms with Gasteiger partial charge in [-0.1, -0.05) is 12.1 Å². The highest BCUT2D eigenvalue weighted by molar-refractivity contribution is 5.52. The Balaban J connectivity index is 2.37. The number of methoxy groups -OCH3 is 1. The molecule has 2 aromatic rings. The number of anilines is 1. The van der Waals surface area contributed by atoms with E-state index in [2.05, 4.69) is 0 Å². The van der Waals surface area contributed by atoms with E-state index in [0.29, 0.717) is 17.1 Å². The summed E-state index contributed by atoms with van der Waals surface area (Å²) in [6, 6.07) is 13.3. The molecule has 0 radical (unpaired) electrons. The van der Waals surface area contributed by atoms with Crippen LogP contribution in [0.1, 0.15) is 18.6 Å². The average molecular weight is 287 g/mol. The second-order valence-corrected chi connectivity index (χ2v) is 5.04. The first-order valence-electron chi connectivity index (χ1n) is 6.83. The minimum absolute atomic E-state index is 0.597. The number of aliphatic hydroxyl groups is 1. The van der Waals surface area contributed by atoms with Gasteiger partial charge in [0.15, 0.2) is 0 Å². The number of nitrogens with zero attached hydrogens (tertiary/aromatic N) is 1. The van der Waals surface area contributed by atoms with Gasteiger partial charge in [0.1, 0.15) is 17.2 Å². The first-order chi connectivity index (χ1) is 10.0. The van der Waals surface area contributed by atoms with Gasteiger partial charge < -0.3 is 19.5 Å². The molecule has 4 nitrogen and oxygen atoms in total. The topological polar surface area (TPSA) is 41.9 Å². The number of aliphatic hydroxyl groups excluding tert-OH is 1. The van der Waals surface area contributed by atoms with Crippen LogP contribution in [0.5, 0.6) is 17.2 Å². The Labute approximate surface area is 125 Å². The van der Waals surface area contributed by atoms with E-state index in [9.17, 15) is 5.11 Å². The van der Waals surface area contributed by atoms with Gasteiger partial charge in [0.25, 0.3) is 0 Å². The van der Waals surface area contributed by atoms with E-state index in [4.69, 9.17) is 9.47 Å². The van der Waals surface area contributed by atoms with Crippen molar-refractivity contribution in [3.8, 4) is 17.2 Å². The molecule has 0 saturated carbocycles. The van der Waals surface area contributed by atoms with E-state index in [1.165, 1.54) is 0 Å². The third-order valence-electron chi connectivity index (χ3n) is 3.23. The molecule has 0 bridgehead atoms. The lowest BCUT2D eigenvalue weighted by atomic mass is 10.1. The van der Waals surface area contributed by atoms with E-state index < -0.39 is 6.10 Å². The summed E-state index contributed by atoms with van der Waals surface area (Å²) >= 11 is 0. The van der Waals surface area contributed by atoms with Crippen molar-refractivity contribution in [2.75, 3.05) is 26.1 Å². The summed E-state index contributed by atoms with van der Waals surface area (Å²) in [7, 11) is 5.54. The summed E-state index contributed by atoms with van der Waals surface area (Å²) < 4.78 is 11.2. The van der Waals surface area contributed by atoms with Gasteiger partial charge >= 0.3 is 0 Å². The molecule has 0 aliphatic rings. The van der Waals surface area contributed by atoms with Crippen molar-refractivity contribution in [1.82, 2.24) is 0 Å². The van der Waals surface area contributed by atoms with E-state index >= 15 is 0 Å². The van der Waals surface area contributed by atoms with Gasteiger partial charge in [-0.25, -0.2) is 0 Å². The predicted octanol–water partition coefficient (Wildman–Crippen LogP) is 3.61. The summed E-state index contributed by atoms with van der Waals surface area (Å²) in [4.78, 5) is 2.01. The number of benzene rings is 2. The highest BCUT2D eigenvalue weighted by atomic mass is 16.5. The zero-order valence-electron chi connectivity index (χ0n) is 12.8. The molecule has 1 unspecified atom stereocenters. The van der Waals surface area contributed by atoms with Crippen LogP contribution < -0.4 is 14.4 Å². The van der Waals surface area contributed by atoms with Gasteiger partial charge in [-0.05, 0) is 31.2 Å². The Kier molecular flexibility index (Phi) is 4.70. The molecule has 0 aliphatic heterocycles. The fraction of sp³-hybridized carbons (Fsp3) is 0.294. The van der Waals surface area contributed by atoms with E-state index in [1.807, 2.05) is 61.5 Å². The Morgan fingerprint density at radius 1 is 1.05 bits per heavy atom. The second-order valence-electron chi connectivity index (χ2n) is 5.04. The van der Waals surface area contributed by atoms with Crippen LogP contribution in [0.3, 0.4) is 0 Å². The number of hydrogen-bond acceptors (Lipinski definition) is 4. The van der Waals surface area contributed by atoms with Crippen LogP contribution in [0.25, 0.3) is 0 Å². The summed E-state index contributed by atoms with van der Waals surface area (Å²) in [6.45, 7) is 1.70. The third-order valence-corrected chi connectivity index (χ3v) is 3.23. The minimum Gasteiger partial charge on any atom is -0.496 e. The van der Waals surface area contributed by atoms with Crippen LogP contribution in [-0.4, -0.2) is 26.3 Å². The number of ether oxygens (including phenoxy) is 2. The second kappa shape index (κ2) is 6.50. The van der Waals surface area contributed by atoms with Crippen molar-refractivity contribution in [3.63, 3.8) is 0 Å². The molecular weight excluding hydrogens is 266 g/mol. The Morgan fingerprint density at radius 2 is 1.71 bits per heavy atom. The van der Waals surface area contributed by atoms with Gasteiger partial charge in [0, 0.05) is 25.8 Å². The van der Waals surface area contributed by atoms with Crippen molar-refractivity contribution in [3.05, 3.63) is 48.0 Å². The van der Waals surface area contributed by atoms with Gasteiger partial charge in [0.2, 0.25) is 0 Å². The standard InChI is InChI=1S/C17H21NO3/c1-12(19)17-15(20-4)9-6-10-16(17)21-14-8-5-7-13(11-14)18(2)3/h5-12,19H,1-4H3. The van der Waals surface area contributed by atoms with Gasteiger partial charge in [-0.3, -0.25) is 0 Å². The molecule has 2 rings (SSSR count). The third kappa shape index (κ3) is 3.47. The van der Waals surface area contributed by atoms with E-state index in [-0.39, 0.29) is 0 Å². The van der Waals surface area contributed by atoms with Gasteiger partial charge in [0.05, 0.1) is 18.8 Å². The smallest absolute Gasteiger partial charge is 0.136 e. The van der Waals surface area contributed by atoms with E-state index in [1.54, 1.807) is 14.0 Å². The lowest BCUT2D eigenvalue weighted by Crippen LogP contribution is -2.08. The average Bonchev–Trinajstić information content (AvgIpc) is 2.46. The van der Waals surface area contributed by atoms with Crippen LogP contribution in [0.2, 0.25) is 0 Å². The Morgan fingerprint density at radius 3 is 2.33 bits per heavy atom. The highest BCUT2D eigenvalue weighted by Gasteiger charge is 2.16. The minimum atomic E-state index is -0.673. The normalized spacial score (nSPS) is 11.9. The maximum absolute atomic E-state index is 9.97. The van der Waals surface area contributed by atoms with Crippen molar-refractivity contribution < 1.29 is 14.6 Å².